The van der Waals surface area contributed by atoms with Crippen molar-refractivity contribution in [2.75, 3.05) is 48.4 Å². The fraction of sp³-hybridized carbons (Fsp3) is 0.450. The normalized spacial score (nSPS) is 18.4. The van der Waals surface area contributed by atoms with Crippen molar-refractivity contribution in [3.8, 4) is 5.88 Å². The molecule has 162 valence electrons. The van der Waals surface area contributed by atoms with Crippen molar-refractivity contribution in [1.82, 2.24) is 29.9 Å². The Kier molecular flexibility index (Phi) is 4.81. The van der Waals surface area contributed by atoms with Crippen LogP contribution in [-0.2, 0) is 6.42 Å². The van der Waals surface area contributed by atoms with Crippen LogP contribution in [0.25, 0.3) is 5.78 Å². The number of urea groups is 1. The molecule has 5 rings (SSSR count). The minimum atomic E-state index is -0.284. The van der Waals surface area contributed by atoms with E-state index in [9.17, 15) is 4.79 Å². The number of rotatable bonds is 3. The van der Waals surface area contributed by atoms with Gasteiger partial charge in [0.2, 0.25) is 5.88 Å². The number of amides is 2. The minimum absolute atomic E-state index is 0.282. The number of nitrogens with zero attached hydrogens (tertiary/aromatic N) is 7. The number of ether oxygens (including phenoxy) is 1. The number of piperazine rings is 1. The lowest BCUT2D eigenvalue weighted by Crippen LogP contribution is -2.49. The van der Waals surface area contributed by atoms with Crippen LogP contribution in [0.1, 0.15) is 18.3 Å². The minimum Gasteiger partial charge on any atom is -0.479 e. The molecule has 11 heteroatoms. The van der Waals surface area contributed by atoms with E-state index in [-0.39, 0.29) is 11.9 Å². The number of anilines is 3. The Labute approximate surface area is 179 Å². The summed E-state index contributed by atoms with van der Waals surface area (Å²) in [6, 6.07) is 2.19. The zero-order chi connectivity index (χ0) is 21.5. The monoisotopic (exact) mass is 423 g/mol. The van der Waals surface area contributed by atoms with Crippen LogP contribution in [0.2, 0.25) is 0 Å². The Hall–Kier alpha value is -3.47. The van der Waals surface area contributed by atoms with Gasteiger partial charge in [-0.05, 0) is 26.3 Å². The van der Waals surface area contributed by atoms with Crippen LogP contribution < -0.4 is 25.2 Å². The summed E-state index contributed by atoms with van der Waals surface area (Å²) in [4.78, 5) is 30.3. The quantitative estimate of drug-likeness (QED) is 0.647. The van der Waals surface area contributed by atoms with Crippen molar-refractivity contribution in [3.63, 3.8) is 0 Å². The van der Waals surface area contributed by atoms with Crippen molar-refractivity contribution in [1.29, 1.82) is 0 Å². The predicted octanol–water partition coefficient (Wildman–Crippen LogP) is 1.23. The van der Waals surface area contributed by atoms with E-state index in [1.807, 2.05) is 6.07 Å². The molecule has 5 heterocycles. The molecule has 31 heavy (non-hydrogen) atoms. The molecule has 2 N–H and O–H groups in total. The number of carbonyl (C=O) groups excluding carboxylic acids is 1. The largest absolute Gasteiger partial charge is 0.479 e. The summed E-state index contributed by atoms with van der Waals surface area (Å²) in [7, 11) is 1.51. The SMILES string of the molecule is COc1nc2nc(C)nn2cc1NC(=O)N1CCc2c(N3CCN[C@@H](C)C3)ccnc21. The van der Waals surface area contributed by atoms with Crippen molar-refractivity contribution in [2.45, 2.75) is 26.3 Å². The molecule has 2 amide bonds. The summed E-state index contributed by atoms with van der Waals surface area (Å²) in [5.41, 5.74) is 2.69. The van der Waals surface area contributed by atoms with Crippen LogP contribution in [0.5, 0.6) is 5.88 Å². The fourth-order valence-corrected chi connectivity index (χ4v) is 4.25. The third kappa shape index (κ3) is 3.50. The average molecular weight is 423 g/mol. The van der Waals surface area contributed by atoms with Gasteiger partial charge in [0.05, 0.1) is 13.3 Å². The summed E-state index contributed by atoms with van der Waals surface area (Å²) in [5, 5.41) is 10.6. The summed E-state index contributed by atoms with van der Waals surface area (Å²) in [6.45, 7) is 7.34. The van der Waals surface area contributed by atoms with E-state index >= 15 is 0 Å². The van der Waals surface area contributed by atoms with Gasteiger partial charge in [0.1, 0.15) is 17.3 Å². The molecule has 0 radical (unpaired) electrons. The molecule has 1 fully saturated rings. The van der Waals surface area contributed by atoms with E-state index in [0.717, 1.165) is 37.3 Å². The molecule has 1 atom stereocenters. The van der Waals surface area contributed by atoms with Crippen LogP contribution in [0.4, 0.5) is 22.0 Å². The highest BCUT2D eigenvalue weighted by molar-refractivity contribution is 6.03. The van der Waals surface area contributed by atoms with Crippen LogP contribution in [0, 0.1) is 6.92 Å². The lowest BCUT2D eigenvalue weighted by Gasteiger charge is -2.34. The molecule has 0 aliphatic carbocycles. The van der Waals surface area contributed by atoms with E-state index < -0.39 is 0 Å². The summed E-state index contributed by atoms with van der Waals surface area (Å²) >= 11 is 0. The number of carbonyl (C=O) groups is 1. The predicted molar refractivity (Wildman–Crippen MR) is 116 cm³/mol. The first-order valence-electron chi connectivity index (χ1n) is 10.4. The molecule has 0 aromatic carbocycles. The number of aromatic nitrogens is 5. The van der Waals surface area contributed by atoms with Gasteiger partial charge in [-0.25, -0.2) is 14.3 Å². The second-order valence-electron chi connectivity index (χ2n) is 7.83. The Bertz CT molecular complexity index is 1150. The van der Waals surface area contributed by atoms with Crippen LogP contribution in [0.15, 0.2) is 18.5 Å². The van der Waals surface area contributed by atoms with E-state index in [1.165, 1.54) is 11.6 Å². The zero-order valence-electron chi connectivity index (χ0n) is 17.8. The number of hydrogen-bond acceptors (Lipinski definition) is 8. The molecule has 0 spiro atoms. The summed E-state index contributed by atoms with van der Waals surface area (Å²) in [6.07, 6.45) is 4.20. The highest BCUT2D eigenvalue weighted by Crippen LogP contribution is 2.35. The second kappa shape index (κ2) is 7.65. The van der Waals surface area contributed by atoms with E-state index in [4.69, 9.17) is 4.74 Å². The highest BCUT2D eigenvalue weighted by Gasteiger charge is 2.31. The molecule has 2 aliphatic heterocycles. The van der Waals surface area contributed by atoms with Gasteiger partial charge in [-0.15, -0.1) is 0 Å². The van der Waals surface area contributed by atoms with Gasteiger partial charge >= 0.3 is 6.03 Å². The van der Waals surface area contributed by atoms with Crippen molar-refractivity contribution in [3.05, 3.63) is 29.8 Å². The van der Waals surface area contributed by atoms with Crippen molar-refractivity contribution < 1.29 is 9.53 Å². The maximum absolute atomic E-state index is 13.1. The molecule has 0 unspecified atom stereocenters. The lowest BCUT2D eigenvalue weighted by molar-refractivity contribution is 0.257. The Morgan fingerprint density at radius 3 is 3.00 bits per heavy atom. The maximum atomic E-state index is 13.1. The molecular weight excluding hydrogens is 398 g/mol. The average Bonchev–Trinajstić information content (AvgIpc) is 3.35. The van der Waals surface area contributed by atoms with Gasteiger partial charge in [0, 0.05) is 49.7 Å². The number of pyridine rings is 1. The Balaban J connectivity index is 1.41. The number of fused-ring (bicyclic) bond motifs is 2. The van der Waals surface area contributed by atoms with Crippen molar-refractivity contribution >= 4 is 29.0 Å². The summed E-state index contributed by atoms with van der Waals surface area (Å²) < 4.78 is 6.87. The second-order valence-corrected chi connectivity index (χ2v) is 7.83. The zero-order valence-corrected chi connectivity index (χ0v) is 17.8. The van der Waals surface area contributed by atoms with E-state index in [1.54, 1.807) is 24.2 Å². The van der Waals surface area contributed by atoms with E-state index in [2.05, 4.69) is 42.5 Å². The van der Waals surface area contributed by atoms with Crippen molar-refractivity contribution in [2.24, 2.45) is 0 Å². The number of methoxy groups -OCH3 is 1. The molecule has 3 aromatic rings. The molecular formula is C20H25N9O2. The van der Waals surface area contributed by atoms with Gasteiger partial charge in [-0.1, -0.05) is 0 Å². The molecule has 11 nitrogen and oxygen atoms in total. The molecule has 0 saturated carbocycles. The molecule has 0 bridgehead atoms. The van der Waals surface area contributed by atoms with Gasteiger partial charge < -0.3 is 20.3 Å². The first-order valence-corrected chi connectivity index (χ1v) is 10.4. The van der Waals surface area contributed by atoms with Crippen LogP contribution in [0.3, 0.4) is 0 Å². The first kappa shape index (κ1) is 19.5. The number of nitrogens with one attached hydrogen (secondary N) is 2. The highest BCUT2D eigenvalue weighted by atomic mass is 16.5. The third-order valence-electron chi connectivity index (χ3n) is 5.64. The molecule has 2 aliphatic rings. The summed E-state index contributed by atoms with van der Waals surface area (Å²) in [5.74, 6) is 1.98. The van der Waals surface area contributed by atoms with E-state index in [0.29, 0.717) is 35.7 Å². The molecule has 1 saturated heterocycles. The Morgan fingerprint density at radius 1 is 1.32 bits per heavy atom. The number of aryl methyl sites for hydroxylation is 1. The van der Waals surface area contributed by atoms with Crippen LogP contribution >= 0.6 is 0 Å². The smallest absolute Gasteiger partial charge is 0.327 e. The van der Waals surface area contributed by atoms with Gasteiger partial charge in [0.25, 0.3) is 5.78 Å². The maximum Gasteiger partial charge on any atom is 0.327 e. The first-order chi connectivity index (χ1) is 15.0. The topological polar surface area (TPSA) is 113 Å². The standard InChI is InChI=1S/C20H25N9O2/c1-12-10-27(9-7-21-12)16-4-6-22-17-14(16)5-8-28(17)20(30)24-15-11-29-19(23-13(2)26-29)25-18(15)31-3/h4,6,11-12,21H,5,7-10H2,1-3H3,(H,24,30)/t12-/m0/s1. The van der Waals surface area contributed by atoms with Crippen LogP contribution in [-0.4, -0.2) is 69.9 Å². The lowest BCUT2D eigenvalue weighted by atomic mass is 10.1. The number of hydrogen-bond donors (Lipinski definition) is 2. The van der Waals surface area contributed by atoms with Gasteiger partial charge in [-0.3, -0.25) is 4.90 Å². The fourth-order valence-electron chi connectivity index (χ4n) is 4.25. The molecule has 3 aromatic heterocycles. The third-order valence-corrected chi connectivity index (χ3v) is 5.64. The Morgan fingerprint density at radius 2 is 2.19 bits per heavy atom. The van der Waals surface area contributed by atoms with Gasteiger partial charge in [0.15, 0.2) is 0 Å². The van der Waals surface area contributed by atoms with Gasteiger partial charge in [-0.2, -0.15) is 15.1 Å².